The largest absolute Gasteiger partial charge is 0.491 e. The zero-order chi connectivity index (χ0) is 25.2. The summed E-state index contributed by atoms with van der Waals surface area (Å²) in [5, 5.41) is 3.03. The number of imidazole rings is 1. The molecule has 0 spiro atoms. The van der Waals surface area contributed by atoms with Gasteiger partial charge in [0.25, 0.3) is 5.91 Å². The average molecular weight is 482 g/mol. The van der Waals surface area contributed by atoms with E-state index in [0.717, 1.165) is 77.9 Å². The first-order chi connectivity index (χ1) is 17.7. The zero-order valence-corrected chi connectivity index (χ0v) is 21.1. The average Bonchev–Trinajstić information content (AvgIpc) is 3.24. The number of para-hydroxylation sites is 3. The van der Waals surface area contributed by atoms with Gasteiger partial charge in [-0.25, -0.2) is 4.98 Å². The Labute approximate surface area is 213 Å². The summed E-state index contributed by atoms with van der Waals surface area (Å²) in [6.07, 6.45) is 6.59. The van der Waals surface area contributed by atoms with Gasteiger partial charge in [0.15, 0.2) is 0 Å². The number of carbonyl (C=O) groups excluding carboxylic acids is 1. The number of nitrogens with one attached hydrogen (secondary N) is 1. The molecule has 0 bridgehead atoms. The van der Waals surface area contributed by atoms with Gasteiger partial charge in [-0.05, 0) is 62.1 Å². The number of fused-ring (bicyclic) bond motifs is 1. The third kappa shape index (κ3) is 6.63. The van der Waals surface area contributed by atoms with E-state index in [1.807, 2.05) is 61.5 Å². The summed E-state index contributed by atoms with van der Waals surface area (Å²) in [5.41, 5.74) is 5.12. The van der Waals surface area contributed by atoms with Gasteiger partial charge >= 0.3 is 0 Å². The maximum Gasteiger partial charge on any atom is 0.251 e. The molecule has 0 saturated carbocycles. The summed E-state index contributed by atoms with van der Waals surface area (Å²) < 4.78 is 8.44. The van der Waals surface area contributed by atoms with Crippen LogP contribution in [0.25, 0.3) is 11.0 Å². The summed E-state index contributed by atoms with van der Waals surface area (Å²) in [4.78, 5) is 17.2. The number of hydrogen-bond acceptors (Lipinski definition) is 3. The first kappa shape index (κ1) is 25.2. The summed E-state index contributed by atoms with van der Waals surface area (Å²) in [6, 6.07) is 24.1. The number of ether oxygens (including phenoxy) is 1. The lowest BCUT2D eigenvalue weighted by Gasteiger charge is -2.13. The molecule has 0 aliphatic rings. The number of unbranched alkanes of at least 4 members (excludes halogenated alkanes) is 2. The Morgan fingerprint density at radius 2 is 1.86 bits per heavy atom. The highest BCUT2D eigenvalue weighted by atomic mass is 16.5. The van der Waals surface area contributed by atoms with Crippen LogP contribution in [0.1, 0.15) is 46.6 Å². The van der Waals surface area contributed by atoms with E-state index in [9.17, 15) is 4.79 Å². The van der Waals surface area contributed by atoms with E-state index in [1.54, 1.807) is 0 Å². The third-order valence-electron chi connectivity index (χ3n) is 6.29. The van der Waals surface area contributed by atoms with Crippen molar-refractivity contribution in [3.8, 4) is 5.75 Å². The minimum Gasteiger partial charge on any atom is -0.491 e. The second-order valence-corrected chi connectivity index (χ2v) is 9.05. The Hall–Kier alpha value is -3.86. The van der Waals surface area contributed by atoms with Gasteiger partial charge in [-0.2, -0.15) is 0 Å². The lowest BCUT2D eigenvalue weighted by atomic mass is 10.1. The summed E-state index contributed by atoms with van der Waals surface area (Å²) in [5.74, 6) is 1.99. The molecule has 1 amide bonds. The minimum atomic E-state index is -0.00448. The van der Waals surface area contributed by atoms with Crippen LogP contribution in [0.3, 0.4) is 0 Å². The number of aryl methyl sites for hydroxylation is 2. The van der Waals surface area contributed by atoms with Crippen LogP contribution in [0.2, 0.25) is 0 Å². The van der Waals surface area contributed by atoms with Gasteiger partial charge in [-0.1, -0.05) is 60.5 Å². The quantitative estimate of drug-likeness (QED) is 0.180. The van der Waals surface area contributed by atoms with Gasteiger partial charge in [0, 0.05) is 18.5 Å². The highest BCUT2D eigenvalue weighted by molar-refractivity contribution is 5.94. The van der Waals surface area contributed by atoms with Crippen molar-refractivity contribution in [2.24, 2.45) is 0 Å². The Balaban J connectivity index is 1.29. The molecule has 0 aliphatic heterocycles. The number of amides is 1. The van der Waals surface area contributed by atoms with Crippen molar-refractivity contribution in [2.75, 3.05) is 13.2 Å². The molecule has 0 atom stereocenters. The third-order valence-corrected chi connectivity index (χ3v) is 6.29. The molecule has 36 heavy (non-hydrogen) atoms. The molecule has 0 aliphatic carbocycles. The van der Waals surface area contributed by atoms with Crippen LogP contribution in [0, 0.1) is 6.92 Å². The van der Waals surface area contributed by atoms with E-state index >= 15 is 0 Å². The standard InChI is InChI=1S/C31H35N3O2/c1-3-12-25-14-6-9-18-29(25)36-22-21-34-28-17-8-7-16-27(28)33-30(34)19-5-4-10-20-32-31(35)26-15-11-13-24(2)23-26/h3,6-9,11,13-18,23H,1,4-5,10,12,19-22H2,2H3,(H,32,35). The molecule has 3 aromatic carbocycles. The van der Waals surface area contributed by atoms with Crippen LogP contribution < -0.4 is 10.1 Å². The van der Waals surface area contributed by atoms with Crippen LogP contribution in [0.15, 0.2) is 85.5 Å². The second-order valence-electron chi connectivity index (χ2n) is 9.05. The molecule has 1 N–H and O–H groups in total. The molecule has 0 saturated heterocycles. The van der Waals surface area contributed by atoms with Crippen molar-refractivity contribution in [1.29, 1.82) is 0 Å². The fourth-order valence-corrected chi connectivity index (χ4v) is 4.46. The van der Waals surface area contributed by atoms with Crippen LogP contribution in [0.4, 0.5) is 0 Å². The lowest BCUT2D eigenvalue weighted by Crippen LogP contribution is -2.24. The molecule has 5 nitrogen and oxygen atoms in total. The Kier molecular flexibility index (Phi) is 8.92. The first-order valence-electron chi connectivity index (χ1n) is 12.8. The van der Waals surface area contributed by atoms with E-state index in [4.69, 9.17) is 9.72 Å². The predicted molar refractivity (Wildman–Crippen MR) is 147 cm³/mol. The molecule has 0 radical (unpaired) electrons. The van der Waals surface area contributed by atoms with E-state index in [0.29, 0.717) is 13.2 Å². The number of carbonyl (C=O) groups is 1. The van der Waals surface area contributed by atoms with Crippen molar-refractivity contribution >= 4 is 16.9 Å². The molecule has 5 heteroatoms. The fourth-order valence-electron chi connectivity index (χ4n) is 4.46. The predicted octanol–water partition coefficient (Wildman–Crippen LogP) is 6.30. The van der Waals surface area contributed by atoms with E-state index < -0.39 is 0 Å². The molecule has 0 unspecified atom stereocenters. The summed E-state index contributed by atoms with van der Waals surface area (Å²) in [6.45, 7) is 7.84. The number of aromatic nitrogens is 2. The van der Waals surface area contributed by atoms with Crippen LogP contribution >= 0.6 is 0 Å². The van der Waals surface area contributed by atoms with Gasteiger partial charge in [0.2, 0.25) is 0 Å². The Morgan fingerprint density at radius 1 is 1.03 bits per heavy atom. The van der Waals surface area contributed by atoms with Crippen LogP contribution in [-0.2, 0) is 19.4 Å². The van der Waals surface area contributed by atoms with Crippen molar-refractivity contribution in [2.45, 2.75) is 45.6 Å². The minimum absolute atomic E-state index is 0.00448. The lowest BCUT2D eigenvalue weighted by molar-refractivity contribution is 0.0953. The highest BCUT2D eigenvalue weighted by Crippen LogP contribution is 2.21. The molecular formula is C31H35N3O2. The van der Waals surface area contributed by atoms with Crippen LogP contribution in [-0.4, -0.2) is 28.6 Å². The van der Waals surface area contributed by atoms with E-state index in [2.05, 4.69) is 40.7 Å². The monoisotopic (exact) mass is 481 g/mol. The number of nitrogens with zero attached hydrogens (tertiary/aromatic N) is 2. The summed E-state index contributed by atoms with van der Waals surface area (Å²) in [7, 11) is 0. The number of hydrogen-bond donors (Lipinski definition) is 1. The molecule has 4 aromatic rings. The molecule has 0 fully saturated rings. The van der Waals surface area contributed by atoms with Crippen molar-refractivity contribution in [3.63, 3.8) is 0 Å². The maximum atomic E-state index is 12.3. The molecule has 186 valence electrons. The van der Waals surface area contributed by atoms with Gasteiger partial charge < -0.3 is 14.6 Å². The van der Waals surface area contributed by atoms with Crippen molar-refractivity contribution in [1.82, 2.24) is 14.9 Å². The molecular weight excluding hydrogens is 446 g/mol. The number of benzene rings is 3. The molecule has 4 rings (SSSR count). The topological polar surface area (TPSA) is 56.1 Å². The molecule has 1 aromatic heterocycles. The van der Waals surface area contributed by atoms with E-state index in [1.165, 1.54) is 0 Å². The second kappa shape index (κ2) is 12.7. The van der Waals surface area contributed by atoms with E-state index in [-0.39, 0.29) is 5.91 Å². The number of rotatable bonds is 13. The Bertz CT molecular complexity index is 1310. The normalized spacial score (nSPS) is 10.9. The SMILES string of the molecule is C=CCc1ccccc1OCCn1c(CCCCCNC(=O)c2cccc(C)c2)nc2ccccc21. The molecule has 1 heterocycles. The Morgan fingerprint density at radius 3 is 2.72 bits per heavy atom. The fraction of sp³-hybridized carbons (Fsp3) is 0.290. The van der Waals surface area contributed by atoms with Crippen molar-refractivity contribution < 1.29 is 9.53 Å². The van der Waals surface area contributed by atoms with Crippen molar-refractivity contribution in [3.05, 3.63) is 108 Å². The maximum absolute atomic E-state index is 12.3. The zero-order valence-electron chi connectivity index (χ0n) is 21.1. The number of allylic oxidation sites excluding steroid dienone is 1. The highest BCUT2D eigenvalue weighted by Gasteiger charge is 2.11. The van der Waals surface area contributed by atoms with Crippen LogP contribution in [0.5, 0.6) is 5.75 Å². The first-order valence-corrected chi connectivity index (χ1v) is 12.8. The van der Waals surface area contributed by atoms with Gasteiger partial charge in [0.05, 0.1) is 17.6 Å². The van der Waals surface area contributed by atoms with Gasteiger partial charge in [-0.15, -0.1) is 6.58 Å². The van der Waals surface area contributed by atoms with Gasteiger partial charge in [0.1, 0.15) is 18.2 Å². The van der Waals surface area contributed by atoms with Gasteiger partial charge in [-0.3, -0.25) is 4.79 Å². The summed E-state index contributed by atoms with van der Waals surface area (Å²) >= 11 is 0. The smallest absolute Gasteiger partial charge is 0.251 e.